The van der Waals surface area contributed by atoms with E-state index in [0.717, 1.165) is 6.07 Å². The van der Waals surface area contributed by atoms with E-state index in [2.05, 4.69) is 26.0 Å². The van der Waals surface area contributed by atoms with Crippen molar-refractivity contribution in [3.05, 3.63) is 32.5 Å². The van der Waals surface area contributed by atoms with Gasteiger partial charge in [-0.1, -0.05) is 0 Å². The van der Waals surface area contributed by atoms with Crippen LogP contribution in [0.4, 0.5) is 15.8 Å². The Morgan fingerprint density at radius 3 is 2.83 bits per heavy atom. The van der Waals surface area contributed by atoms with Crippen molar-refractivity contribution in [1.29, 1.82) is 0 Å². The van der Waals surface area contributed by atoms with Gasteiger partial charge in [0.1, 0.15) is 11.5 Å². The molecule has 1 aromatic carbocycles. The minimum atomic E-state index is -0.722. The third kappa shape index (κ3) is 3.66. The number of esters is 1. The summed E-state index contributed by atoms with van der Waals surface area (Å²) in [6, 6.07) is 2.06. The summed E-state index contributed by atoms with van der Waals surface area (Å²) in [4.78, 5) is 20.9. The smallest absolute Gasteiger partial charge is 0.307 e. The summed E-state index contributed by atoms with van der Waals surface area (Å²) >= 11 is 2.93. The average Bonchev–Trinajstić information content (AvgIpc) is 2.32. The van der Waals surface area contributed by atoms with Crippen LogP contribution in [0.25, 0.3) is 0 Å². The molecule has 0 spiro atoms. The van der Waals surface area contributed by atoms with E-state index >= 15 is 0 Å². The highest BCUT2D eigenvalue weighted by atomic mass is 79.9. The highest BCUT2D eigenvalue weighted by molar-refractivity contribution is 9.10. The maximum Gasteiger partial charge on any atom is 0.307 e. The van der Waals surface area contributed by atoms with Crippen LogP contribution < -0.4 is 5.32 Å². The zero-order valence-electron chi connectivity index (χ0n) is 9.41. The van der Waals surface area contributed by atoms with Gasteiger partial charge in [0.2, 0.25) is 0 Å². The number of anilines is 1. The maximum absolute atomic E-state index is 13.2. The van der Waals surface area contributed by atoms with Crippen molar-refractivity contribution in [3.8, 4) is 0 Å². The van der Waals surface area contributed by atoms with Crippen LogP contribution in [0.1, 0.15) is 6.42 Å². The van der Waals surface area contributed by atoms with Crippen molar-refractivity contribution in [1.82, 2.24) is 0 Å². The van der Waals surface area contributed by atoms with Crippen LogP contribution in [0.15, 0.2) is 16.6 Å². The first-order valence-electron chi connectivity index (χ1n) is 4.90. The lowest BCUT2D eigenvalue weighted by molar-refractivity contribution is -0.384. The van der Waals surface area contributed by atoms with Crippen molar-refractivity contribution in [2.75, 3.05) is 19.0 Å². The summed E-state index contributed by atoms with van der Waals surface area (Å²) < 4.78 is 17.7. The second-order valence-corrected chi connectivity index (χ2v) is 4.15. The van der Waals surface area contributed by atoms with Crippen LogP contribution >= 0.6 is 15.9 Å². The quantitative estimate of drug-likeness (QED) is 0.512. The number of nitrogens with one attached hydrogen (secondary N) is 1. The first-order valence-corrected chi connectivity index (χ1v) is 5.69. The van der Waals surface area contributed by atoms with Gasteiger partial charge in [0.25, 0.3) is 5.69 Å². The Hall–Kier alpha value is -1.70. The second kappa shape index (κ2) is 6.29. The van der Waals surface area contributed by atoms with Gasteiger partial charge in [0.05, 0.1) is 29.0 Å². The molecule has 1 N–H and O–H groups in total. The fourth-order valence-electron chi connectivity index (χ4n) is 1.23. The van der Waals surface area contributed by atoms with Crippen LogP contribution in [-0.2, 0) is 9.53 Å². The monoisotopic (exact) mass is 320 g/mol. The Bertz CT molecular complexity index is 481. The summed E-state index contributed by atoms with van der Waals surface area (Å²) in [5.41, 5.74) is -0.252. The van der Waals surface area contributed by atoms with Crippen LogP contribution in [0.5, 0.6) is 0 Å². The van der Waals surface area contributed by atoms with Crippen LogP contribution in [0.3, 0.4) is 0 Å². The summed E-state index contributed by atoms with van der Waals surface area (Å²) in [7, 11) is 1.25. The van der Waals surface area contributed by atoms with Crippen LogP contribution in [-0.4, -0.2) is 24.5 Å². The molecule has 0 saturated heterocycles. The zero-order chi connectivity index (χ0) is 13.7. The fraction of sp³-hybridized carbons (Fsp3) is 0.300. The number of hydrogen-bond donors (Lipinski definition) is 1. The zero-order valence-corrected chi connectivity index (χ0v) is 11.0. The van der Waals surface area contributed by atoms with E-state index in [1.54, 1.807) is 0 Å². The number of methoxy groups -OCH3 is 1. The van der Waals surface area contributed by atoms with Crippen molar-refractivity contribution < 1.29 is 18.8 Å². The van der Waals surface area contributed by atoms with E-state index in [1.807, 2.05) is 0 Å². The van der Waals surface area contributed by atoms with Crippen LogP contribution in [0, 0.1) is 15.9 Å². The number of ether oxygens (including phenoxy) is 1. The number of hydrogen-bond acceptors (Lipinski definition) is 5. The summed E-state index contributed by atoms with van der Waals surface area (Å²) in [6.07, 6.45) is 0.0582. The Kier molecular flexibility index (Phi) is 5.02. The normalized spacial score (nSPS) is 9.94. The first kappa shape index (κ1) is 14.4. The number of nitro benzene ring substituents is 1. The van der Waals surface area contributed by atoms with E-state index in [0.29, 0.717) is 0 Å². The van der Waals surface area contributed by atoms with Gasteiger partial charge >= 0.3 is 5.97 Å². The lowest BCUT2D eigenvalue weighted by Gasteiger charge is -2.07. The number of halogens is 2. The third-order valence-electron chi connectivity index (χ3n) is 2.11. The number of nitro groups is 1. The van der Waals surface area contributed by atoms with E-state index < -0.39 is 16.7 Å². The maximum atomic E-state index is 13.2. The average molecular weight is 321 g/mol. The molecular formula is C10H10BrFN2O4. The SMILES string of the molecule is COC(=O)CCNc1cc(Br)c(F)cc1[N+](=O)[O-]. The Morgan fingerprint density at radius 2 is 2.28 bits per heavy atom. The topological polar surface area (TPSA) is 81.5 Å². The Balaban J connectivity index is 2.83. The lowest BCUT2D eigenvalue weighted by atomic mass is 10.2. The van der Waals surface area contributed by atoms with E-state index in [1.165, 1.54) is 13.2 Å². The van der Waals surface area contributed by atoms with Gasteiger partial charge in [-0.25, -0.2) is 4.39 Å². The molecule has 0 aliphatic heterocycles. The molecule has 0 heterocycles. The molecule has 0 aliphatic carbocycles. The van der Waals surface area contributed by atoms with Gasteiger partial charge in [-0.3, -0.25) is 14.9 Å². The van der Waals surface area contributed by atoms with Gasteiger partial charge in [-0.2, -0.15) is 0 Å². The van der Waals surface area contributed by atoms with Gasteiger partial charge in [0.15, 0.2) is 0 Å². The molecule has 0 unspecified atom stereocenters. The summed E-state index contributed by atoms with van der Waals surface area (Å²) in [5, 5.41) is 13.4. The lowest BCUT2D eigenvalue weighted by Crippen LogP contribution is -2.10. The summed E-state index contributed by atoms with van der Waals surface area (Å²) in [5.74, 6) is -1.16. The third-order valence-corrected chi connectivity index (χ3v) is 2.72. The molecule has 0 radical (unpaired) electrons. The van der Waals surface area contributed by atoms with Gasteiger partial charge in [-0.05, 0) is 22.0 Å². The molecule has 1 aromatic rings. The minimum absolute atomic E-state index is 0.0582. The standard InChI is InChI=1S/C10H10BrFN2O4/c1-18-10(15)2-3-13-8-4-6(11)7(12)5-9(8)14(16)17/h4-5,13H,2-3H2,1H3. The molecule has 0 bridgehead atoms. The Morgan fingerprint density at radius 1 is 1.61 bits per heavy atom. The van der Waals surface area contributed by atoms with Gasteiger partial charge in [0, 0.05) is 6.54 Å². The predicted octanol–water partition coefficient (Wildman–Crippen LogP) is 2.47. The van der Waals surface area contributed by atoms with Gasteiger partial charge < -0.3 is 10.1 Å². The predicted molar refractivity (Wildman–Crippen MR) is 65.9 cm³/mol. The molecule has 8 heteroatoms. The highest BCUT2D eigenvalue weighted by Gasteiger charge is 2.17. The van der Waals surface area contributed by atoms with Crippen molar-refractivity contribution in [2.45, 2.75) is 6.42 Å². The molecule has 1 rings (SSSR count). The molecule has 0 fully saturated rings. The van der Waals surface area contributed by atoms with E-state index in [-0.39, 0.29) is 28.8 Å². The first-order chi connectivity index (χ1) is 8.45. The van der Waals surface area contributed by atoms with Crippen molar-refractivity contribution >= 4 is 33.3 Å². The number of carbonyl (C=O) groups excluding carboxylic acids is 1. The number of carbonyl (C=O) groups is 1. The molecule has 0 aliphatic rings. The molecule has 98 valence electrons. The highest BCUT2D eigenvalue weighted by Crippen LogP contribution is 2.30. The largest absolute Gasteiger partial charge is 0.469 e. The van der Waals surface area contributed by atoms with E-state index in [4.69, 9.17) is 0 Å². The van der Waals surface area contributed by atoms with Gasteiger partial charge in [-0.15, -0.1) is 0 Å². The van der Waals surface area contributed by atoms with E-state index in [9.17, 15) is 19.3 Å². The number of nitrogens with zero attached hydrogens (tertiary/aromatic N) is 1. The number of benzene rings is 1. The Labute approximate surface area is 110 Å². The summed E-state index contributed by atoms with van der Waals surface area (Å²) in [6.45, 7) is 0.158. The van der Waals surface area contributed by atoms with Crippen LogP contribution in [0.2, 0.25) is 0 Å². The molecule has 0 saturated carbocycles. The molecule has 6 nitrogen and oxygen atoms in total. The molecular weight excluding hydrogens is 311 g/mol. The molecule has 0 aromatic heterocycles. The van der Waals surface area contributed by atoms with Crippen molar-refractivity contribution in [2.24, 2.45) is 0 Å². The molecule has 0 atom stereocenters. The molecule has 0 amide bonds. The van der Waals surface area contributed by atoms with Crippen molar-refractivity contribution in [3.63, 3.8) is 0 Å². The number of rotatable bonds is 5. The molecule has 18 heavy (non-hydrogen) atoms. The second-order valence-electron chi connectivity index (χ2n) is 3.29. The minimum Gasteiger partial charge on any atom is -0.469 e. The fourth-order valence-corrected chi connectivity index (χ4v) is 1.57.